The van der Waals surface area contributed by atoms with Crippen molar-refractivity contribution in [2.24, 2.45) is 0 Å². The van der Waals surface area contributed by atoms with E-state index in [4.69, 9.17) is 0 Å². The molecule has 0 aromatic carbocycles. The number of methoxy groups -OCH3 is 1. The highest BCUT2D eigenvalue weighted by Crippen LogP contribution is 2.12. The number of nitrogens with zero attached hydrogens (tertiary/aromatic N) is 1. The van der Waals surface area contributed by atoms with E-state index in [-0.39, 0.29) is 11.3 Å². The van der Waals surface area contributed by atoms with E-state index >= 15 is 0 Å². The molecule has 0 radical (unpaired) electrons. The van der Waals surface area contributed by atoms with E-state index in [9.17, 15) is 14.7 Å². The molecule has 5 nitrogen and oxygen atoms in total. The Morgan fingerprint density at radius 1 is 1.64 bits per heavy atom. The van der Waals surface area contributed by atoms with Crippen molar-refractivity contribution in [1.82, 2.24) is 4.57 Å². The topological polar surface area (TPSA) is 68.5 Å². The highest BCUT2D eigenvalue weighted by Gasteiger charge is 2.17. The minimum absolute atomic E-state index is 0.322. The molecule has 0 saturated carbocycles. The number of aryl methyl sites for hydroxylation is 1. The summed E-state index contributed by atoms with van der Waals surface area (Å²) in [6.07, 6.45) is 1.42. The molecule has 5 heteroatoms. The maximum atomic E-state index is 11.5. The van der Waals surface area contributed by atoms with Crippen LogP contribution in [0.3, 0.4) is 0 Å². The maximum absolute atomic E-state index is 11.5. The van der Waals surface area contributed by atoms with E-state index in [0.29, 0.717) is 6.54 Å². The first kappa shape index (κ1) is 10.3. The predicted octanol–water partition coefficient (Wildman–Crippen LogP) is 0.360. The van der Waals surface area contributed by atoms with Gasteiger partial charge in [0, 0.05) is 12.7 Å². The standard InChI is InChI=1S/C9H11NO4/c1-3-10-5-4-6(11)7(8(10)12)9(13)14-2/h4-5,11H,3H2,1-2H3. The number of rotatable bonds is 2. The number of aromatic hydroxyl groups is 1. The summed E-state index contributed by atoms with van der Waals surface area (Å²) in [7, 11) is 1.16. The van der Waals surface area contributed by atoms with Crippen LogP contribution in [-0.2, 0) is 11.3 Å². The van der Waals surface area contributed by atoms with Crippen molar-refractivity contribution in [3.05, 3.63) is 28.2 Å². The van der Waals surface area contributed by atoms with Gasteiger partial charge < -0.3 is 14.4 Å². The van der Waals surface area contributed by atoms with Gasteiger partial charge in [0.05, 0.1) is 7.11 Å². The first-order chi connectivity index (χ1) is 6.61. The third kappa shape index (κ3) is 1.61. The molecular weight excluding hydrogens is 186 g/mol. The van der Waals surface area contributed by atoms with Crippen molar-refractivity contribution >= 4 is 5.97 Å². The zero-order valence-electron chi connectivity index (χ0n) is 7.98. The van der Waals surface area contributed by atoms with Gasteiger partial charge in [0.25, 0.3) is 5.56 Å². The van der Waals surface area contributed by atoms with Crippen molar-refractivity contribution in [2.45, 2.75) is 13.5 Å². The fourth-order valence-corrected chi connectivity index (χ4v) is 1.11. The summed E-state index contributed by atoms with van der Waals surface area (Å²) in [6, 6.07) is 1.29. The average Bonchev–Trinajstić information content (AvgIpc) is 2.18. The van der Waals surface area contributed by atoms with E-state index in [0.717, 1.165) is 7.11 Å². The molecule has 0 amide bonds. The van der Waals surface area contributed by atoms with Gasteiger partial charge in [0.15, 0.2) is 5.56 Å². The summed E-state index contributed by atoms with van der Waals surface area (Å²) in [4.78, 5) is 22.7. The molecule has 0 spiro atoms. The van der Waals surface area contributed by atoms with Crippen molar-refractivity contribution in [1.29, 1.82) is 0 Å². The lowest BCUT2D eigenvalue weighted by molar-refractivity contribution is 0.0594. The van der Waals surface area contributed by atoms with Crippen LogP contribution in [0.2, 0.25) is 0 Å². The highest BCUT2D eigenvalue weighted by atomic mass is 16.5. The molecule has 1 N–H and O–H groups in total. The fourth-order valence-electron chi connectivity index (χ4n) is 1.11. The van der Waals surface area contributed by atoms with Gasteiger partial charge in [-0.2, -0.15) is 0 Å². The van der Waals surface area contributed by atoms with E-state index in [2.05, 4.69) is 4.74 Å². The van der Waals surface area contributed by atoms with Crippen molar-refractivity contribution in [2.75, 3.05) is 7.11 Å². The molecule has 0 aliphatic rings. The zero-order chi connectivity index (χ0) is 10.7. The molecule has 1 heterocycles. The molecule has 76 valence electrons. The van der Waals surface area contributed by atoms with Crippen LogP contribution < -0.4 is 5.56 Å². The number of carbonyl (C=O) groups is 1. The second-order valence-electron chi connectivity index (χ2n) is 2.66. The number of hydrogen-bond donors (Lipinski definition) is 1. The van der Waals surface area contributed by atoms with Crippen LogP contribution in [0.4, 0.5) is 0 Å². The summed E-state index contributed by atoms with van der Waals surface area (Å²) in [5.41, 5.74) is -0.865. The van der Waals surface area contributed by atoms with E-state index in [1.807, 2.05) is 0 Å². The Morgan fingerprint density at radius 3 is 2.79 bits per heavy atom. The zero-order valence-corrected chi connectivity index (χ0v) is 7.98. The van der Waals surface area contributed by atoms with E-state index < -0.39 is 11.5 Å². The molecule has 0 atom stereocenters. The monoisotopic (exact) mass is 197 g/mol. The Labute approximate surface area is 80.6 Å². The summed E-state index contributed by atoms with van der Waals surface area (Å²) in [6.45, 7) is 2.20. The van der Waals surface area contributed by atoms with Crippen LogP contribution in [0, 0.1) is 0 Å². The molecule has 0 saturated heterocycles. The normalized spacial score (nSPS) is 9.86. The minimum Gasteiger partial charge on any atom is -0.507 e. The molecule has 0 bridgehead atoms. The smallest absolute Gasteiger partial charge is 0.347 e. The van der Waals surface area contributed by atoms with Gasteiger partial charge in [-0.15, -0.1) is 0 Å². The molecule has 1 aromatic rings. The number of ether oxygens (including phenoxy) is 1. The molecule has 0 unspecified atom stereocenters. The highest BCUT2D eigenvalue weighted by molar-refractivity contribution is 5.91. The van der Waals surface area contributed by atoms with Gasteiger partial charge in [-0.3, -0.25) is 4.79 Å². The average molecular weight is 197 g/mol. The van der Waals surface area contributed by atoms with Gasteiger partial charge >= 0.3 is 5.97 Å². The second-order valence-corrected chi connectivity index (χ2v) is 2.66. The Bertz CT molecular complexity index is 408. The minimum atomic E-state index is -0.824. The Balaban J connectivity index is 3.40. The first-order valence-electron chi connectivity index (χ1n) is 4.12. The summed E-state index contributed by atoms with van der Waals surface area (Å²) < 4.78 is 5.70. The van der Waals surface area contributed by atoms with Crippen molar-refractivity contribution in [3.8, 4) is 5.75 Å². The number of carbonyl (C=O) groups excluding carboxylic acids is 1. The number of esters is 1. The summed E-state index contributed by atoms with van der Waals surface area (Å²) in [5.74, 6) is -1.18. The SMILES string of the molecule is CCn1ccc(O)c(C(=O)OC)c1=O. The van der Waals surface area contributed by atoms with Gasteiger partial charge in [-0.25, -0.2) is 4.79 Å². The maximum Gasteiger partial charge on any atom is 0.347 e. The van der Waals surface area contributed by atoms with Gasteiger partial charge in [-0.1, -0.05) is 0 Å². The van der Waals surface area contributed by atoms with Gasteiger partial charge in [0.1, 0.15) is 5.75 Å². The van der Waals surface area contributed by atoms with Crippen LogP contribution in [0.25, 0.3) is 0 Å². The number of hydrogen-bond acceptors (Lipinski definition) is 4. The molecule has 14 heavy (non-hydrogen) atoms. The Hall–Kier alpha value is -1.78. The molecule has 0 aliphatic carbocycles. The van der Waals surface area contributed by atoms with Crippen LogP contribution in [0.15, 0.2) is 17.1 Å². The summed E-state index contributed by atoms with van der Waals surface area (Å²) >= 11 is 0. The predicted molar refractivity (Wildman–Crippen MR) is 49.4 cm³/mol. The van der Waals surface area contributed by atoms with Crippen LogP contribution in [-0.4, -0.2) is 22.8 Å². The van der Waals surface area contributed by atoms with Crippen LogP contribution >= 0.6 is 0 Å². The lowest BCUT2D eigenvalue weighted by atomic mass is 10.2. The molecule has 1 rings (SSSR count). The lowest BCUT2D eigenvalue weighted by Crippen LogP contribution is -2.25. The second kappa shape index (κ2) is 3.95. The number of aromatic nitrogens is 1. The first-order valence-corrected chi connectivity index (χ1v) is 4.12. The van der Waals surface area contributed by atoms with E-state index in [1.165, 1.54) is 16.8 Å². The van der Waals surface area contributed by atoms with E-state index in [1.54, 1.807) is 6.92 Å². The lowest BCUT2D eigenvalue weighted by Gasteiger charge is -2.05. The van der Waals surface area contributed by atoms with Crippen molar-refractivity contribution < 1.29 is 14.6 Å². The quantitative estimate of drug-likeness (QED) is 0.695. The number of pyridine rings is 1. The molecule has 0 fully saturated rings. The summed E-state index contributed by atoms with van der Waals surface area (Å²) in [5, 5.41) is 9.30. The largest absolute Gasteiger partial charge is 0.507 e. The Morgan fingerprint density at radius 2 is 2.29 bits per heavy atom. The third-order valence-electron chi connectivity index (χ3n) is 1.87. The van der Waals surface area contributed by atoms with Crippen LogP contribution in [0.5, 0.6) is 5.75 Å². The third-order valence-corrected chi connectivity index (χ3v) is 1.87. The Kier molecular flexibility index (Phi) is 2.91. The van der Waals surface area contributed by atoms with Gasteiger partial charge in [-0.05, 0) is 13.0 Å². The van der Waals surface area contributed by atoms with Crippen LogP contribution in [0.1, 0.15) is 17.3 Å². The molecular formula is C9H11NO4. The fraction of sp³-hybridized carbons (Fsp3) is 0.333. The van der Waals surface area contributed by atoms with Crippen molar-refractivity contribution in [3.63, 3.8) is 0 Å². The molecule has 1 aromatic heterocycles. The van der Waals surface area contributed by atoms with Gasteiger partial charge in [0.2, 0.25) is 0 Å². The molecule has 0 aliphatic heterocycles.